The Hall–Kier alpha value is -1.93. The summed E-state index contributed by atoms with van der Waals surface area (Å²) in [5.41, 5.74) is 2.47. The van der Waals surface area contributed by atoms with Crippen molar-refractivity contribution in [1.29, 1.82) is 0 Å². The fourth-order valence-corrected chi connectivity index (χ4v) is 3.74. The van der Waals surface area contributed by atoms with E-state index in [0.29, 0.717) is 12.2 Å². The number of hydrogen-bond acceptors (Lipinski definition) is 2. The largest absolute Gasteiger partial charge is 0.299 e. The van der Waals surface area contributed by atoms with Crippen molar-refractivity contribution in [2.45, 2.75) is 31.8 Å². The van der Waals surface area contributed by atoms with Crippen molar-refractivity contribution < 1.29 is 4.79 Å². The first-order chi connectivity index (χ1) is 10.7. The average molecular weight is 293 g/mol. The zero-order valence-corrected chi connectivity index (χ0v) is 13.3. The van der Waals surface area contributed by atoms with Crippen LogP contribution in [0, 0.1) is 5.92 Å². The molecule has 0 spiro atoms. The van der Waals surface area contributed by atoms with E-state index < -0.39 is 0 Å². The van der Waals surface area contributed by atoms with Gasteiger partial charge >= 0.3 is 0 Å². The van der Waals surface area contributed by atoms with Crippen molar-refractivity contribution in [3.05, 3.63) is 71.8 Å². The molecular weight excluding hydrogens is 270 g/mol. The molecule has 2 aromatic rings. The molecule has 1 aliphatic rings. The smallest absolute Gasteiger partial charge is 0.139 e. The Bertz CT molecular complexity index is 623. The molecule has 0 aromatic heterocycles. The Labute approximate surface area is 132 Å². The minimum absolute atomic E-state index is 0.0902. The highest BCUT2D eigenvalue weighted by atomic mass is 16.1. The van der Waals surface area contributed by atoms with E-state index in [1.807, 2.05) is 12.1 Å². The first kappa shape index (κ1) is 15.0. The second kappa shape index (κ2) is 6.45. The normalized spacial score (nSPS) is 26.1. The third-order valence-corrected chi connectivity index (χ3v) is 4.88. The van der Waals surface area contributed by atoms with Gasteiger partial charge in [-0.2, -0.15) is 0 Å². The molecule has 0 unspecified atom stereocenters. The molecule has 0 radical (unpaired) electrons. The fraction of sp³-hybridized carbons (Fsp3) is 0.350. The van der Waals surface area contributed by atoms with E-state index in [2.05, 4.69) is 67.4 Å². The lowest BCUT2D eigenvalue weighted by molar-refractivity contribution is -0.131. The molecule has 2 nitrogen and oxygen atoms in total. The first-order valence-corrected chi connectivity index (χ1v) is 8.07. The molecule has 114 valence electrons. The molecule has 1 aliphatic heterocycles. The maximum Gasteiger partial charge on any atom is 0.139 e. The van der Waals surface area contributed by atoms with Crippen LogP contribution in [-0.2, 0) is 4.79 Å². The van der Waals surface area contributed by atoms with Crippen molar-refractivity contribution in [1.82, 2.24) is 4.90 Å². The van der Waals surface area contributed by atoms with E-state index in [0.717, 1.165) is 6.42 Å². The van der Waals surface area contributed by atoms with Crippen molar-refractivity contribution >= 4 is 5.78 Å². The Kier molecular flexibility index (Phi) is 4.39. The van der Waals surface area contributed by atoms with Crippen LogP contribution in [0.15, 0.2) is 60.7 Å². The van der Waals surface area contributed by atoms with Gasteiger partial charge in [0.25, 0.3) is 0 Å². The number of benzene rings is 2. The van der Waals surface area contributed by atoms with Gasteiger partial charge in [-0.3, -0.25) is 9.69 Å². The van der Waals surface area contributed by atoms with Crippen LogP contribution < -0.4 is 0 Å². The van der Waals surface area contributed by atoms with Gasteiger partial charge in [0.2, 0.25) is 0 Å². The minimum atomic E-state index is 0.0902. The number of hydrogen-bond donors (Lipinski definition) is 0. The number of ketones is 1. The molecule has 0 amide bonds. The third kappa shape index (κ3) is 2.71. The molecule has 1 heterocycles. The average Bonchev–Trinajstić information content (AvgIpc) is 2.57. The van der Waals surface area contributed by atoms with Gasteiger partial charge in [0.05, 0.1) is 0 Å². The highest BCUT2D eigenvalue weighted by Crippen LogP contribution is 2.43. The summed E-state index contributed by atoms with van der Waals surface area (Å²) in [7, 11) is 2.16. The predicted molar refractivity (Wildman–Crippen MR) is 89.5 cm³/mol. The lowest BCUT2D eigenvalue weighted by Crippen LogP contribution is -2.43. The number of likely N-dealkylation sites (tertiary alicyclic amines) is 1. The zero-order valence-electron chi connectivity index (χ0n) is 13.3. The standard InChI is InChI=1S/C20H23NO/c1-3-17-19(22)14-18(15-10-6-4-7-11-15)21(2)20(17)16-12-8-5-9-13-16/h4-13,17-18,20H,3,14H2,1-2H3/t17-,18-,20+/m1/s1. The summed E-state index contributed by atoms with van der Waals surface area (Å²) >= 11 is 0. The molecule has 3 rings (SSSR count). The summed E-state index contributed by atoms with van der Waals surface area (Å²) in [4.78, 5) is 15.1. The van der Waals surface area contributed by atoms with Crippen LogP contribution in [0.5, 0.6) is 0 Å². The van der Waals surface area contributed by atoms with Gasteiger partial charge < -0.3 is 0 Å². The quantitative estimate of drug-likeness (QED) is 0.836. The molecule has 3 atom stereocenters. The Balaban J connectivity index is 1.99. The van der Waals surface area contributed by atoms with Gasteiger partial charge in [0.15, 0.2) is 0 Å². The maximum absolute atomic E-state index is 12.7. The topological polar surface area (TPSA) is 20.3 Å². The number of nitrogens with zero attached hydrogens (tertiary/aromatic N) is 1. The number of rotatable bonds is 3. The van der Waals surface area contributed by atoms with Crippen LogP contribution in [0.4, 0.5) is 0 Å². The summed E-state index contributed by atoms with van der Waals surface area (Å²) in [6, 6.07) is 21.2. The van der Waals surface area contributed by atoms with E-state index in [-0.39, 0.29) is 18.0 Å². The van der Waals surface area contributed by atoms with E-state index in [4.69, 9.17) is 0 Å². The molecule has 0 N–H and O–H groups in total. The molecule has 1 fully saturated rings. The molecule has 0 aliphatic carbocycles. The van der Waals surface area contributed by atoms with Crippen molar-refractivity contribution in [2.24, 2.45) is 5.92 Å². The van der Waals surface area contributed by atoms with Crippen molar-refractivity contribution in [3.63, 3.8) is 0 Å². The predicted octanol–water partition coefficient (Wildman–Crippen LogP) is 4.40. The SMILES string of the molecule is CC[C@@H]1C(=O)C[C@H](c2ccccc2)N(C)[C@H]1c1ccccc1. The molecule has 0 saturated carbocycles. The summed E-state index contributed by atoms with van der Waals surface area (Å²) in [5, 5.41) is 0. The van der Waals surface area contributed by atoms with E-state index in [9.17, 15) is 4.79 Å². The molecule has 1 saturated heterocycles. The van der Waals surface area contributed by atoms with E-state index >= 15 is 0 Å². The van der Waals surface area contributed by atoms with Gasteiger partial charge in [0.1, 0.15) is 5.78 Å². The number of piperidine rings is 1. The van der Waals surface area contributed by atoms with Gasteiger partial charge in [-0.1, -0.05) is 67.6 Å². The second-order valence-electron chi connectivity index (χ2n) is 6.13. The third-order valence-electron chi connectivity index (χ3n) is 4.88. The first-order valence-electron chi connectivity index (χ1n) is 8.07. The summed E-state index contributed by atoms with van der Waals surface area (Å²) < 4.78 is 0. The summed E-state index contributed by atoms with van der Waals surface area (Å²) in [6.07, 6.45) is 1.51. The number of Topliss-reactive ketones (excluding diaryl/α,β-unsaturated/α-hetero) is 1. The van der Waals surface area contributed by atoms with E-state index in [1.165, 1.54) is 11.1 Å². The summed E-state index contributed by atoms with van der Waals surface area (Å²) in [5.74, 6) is 0.482. The highest BCUT2D eigenvalue weighted by molar-refractivity contribution is 5.83. The van der Waals surface area contributed by atoms with Crippen LogP contribution in [0.25, 0.3) is 0 Å². The molecular formula is C20H23NO. The fourth-order valence-electron chi connectivity index (χ4n) is 3.74. The van der Waals surface area contributed by atoms with Crippen LogP contribution >= 0.6 is 0 Å². The van der Waals surface area contributed by atoms with Crippen molar-refractivity contribution in [2.75, 3.05) is 7.05 Å². The molecule has 22 heavy (non-hydrogen) atoms. The van der Waals surface area contributed by atoms with Gasteiger partial charge in [-0.05, 0) is 24.6 Å². The minimum Gasteiger partial charge on any atom is -0.299 e. The van der Waals surface area contributed by atoms with Crippen LogP contribution in [0.2, 0.25) is 0 Å². The maximum atomic E-state index is 12.7. The number of carbonyl (C=O) groups is 1. The Morgan fingerprint density at radius 2 is 1.50 bits per heavy atom. The second-order valence-corrected chi connectivity index (χ2v) is 6.13. The van der Waals surface area contributed by atoms with E-state index in [1.54, 1.807) is 0 Å². The molecule has 0 bridgehead atoms. The van der Waals surface area contributed by atoms with Gasteiger partial charge in [-0.25, -0.2) is 0 Å². The lowest BCUT2D eigenvalue weighted by Gasteiger charge is -2.44. The van der Waals surface area contributed by atoms with Gasteiger partial charge in [-0.15, -0.1) is 0 Å². The lowest BCUT2D eigenvalue weighted by atomic mass is 9.78. The molecule has 2 heteroatoms. The monoisotopic (exact) mass is 293 g/mol. The number of carbonyl (C=O) groups excluding carboxylic acids is 1. The highest BCUT2D eigenvalue weighted by Gasteiger charge is 2.40. The van der Waals surface area contributed by atoms with Gasteiger partial charge in [0, 0.05) is 24.4 Å². The molecule has 2 aromatic carbocycles. The van der Waals surface area contributed by atoms with Crippen LogP contribution in [0.1, 0.15) is 43.0 Å². The summed E-state index contributed by atoms with van der Waals surface area (Å²) in [6.45, 7) is 2.12. The van der Waals surface area contributed by atoms with Crippen LogP contribution in [0.3, 0.4) is 0 Å². The zero-order chi connectivity index (χ0) is 15.5. The Morgan fingerprint density at radius 3 is 2.05 bits per heavy atom. The van der Waals surface area contributed by atoms with Crippen LogP contribution in [-0.4, -0.2) is 17.7 Å². The Morgan fingerprint density at radius 1 is 0.955 bits per heavy atom. The van der Waals surface area contributed by atoms with Crippen molar-refractivity contribution in [3.8, 4) is 0 Å².